The molecule has 24 heavy (non-hydrogen) atoms. The van der Waals surface area contributed by atoms with Crippen molar-refractivity contribution in [3.05, 3.63) is 52.5 Å². The number of pyridine rings is 1. The van der Waals surface area contributed by atoms with Crippen LogP contribution in [0.1, 0.15) is 24.4 Å². The normalized spacial score (nSPS) is 15.8. The quantitative estimate of drug-likeness (QED) is 0.786. The summed E-state index contributed by atoms with van der Waals surface area (Å²) in [6.07, 6.45) is 5.87. The molecule has 7 nitrogen and oxygen atoms in total. The Morgan fingerprint density at radius 2 is 2.17 bits per heavy atom. The Labute approximate surface area is 138 Å². The van der Waals surface area contributed by atoms with Crippen molar-refractivity contribution >= 4 is 11.0 Å². The van der Waals surface area contributed by atoms with Crippen molar-refractivity contribution in [3.63, 3.8) is 0 Å². The van der Waals surface area contributed by atoms with Gasteiger partial charge in [-0.3, -0.25) is 9.78 Å². The van der Waals surface area contributed by atoms with Gasteiger partial charge in [0, 0.05) is 38.1 Å². The van der Waals surface area contributed by atoms with Crippen molar-refractivity contribution in [3.8, 4) is 0 Å². The molecule has 0 bridgehead atoms. The highest BCUT2D eigenvalue weighted by atomic mass is 16.5. The Kier molecular flexibility index (Phi) is 4.08. The fraction of sp³-hybridized carbons (Fsp3) is 0.412. The molecule has 0 radical (unpaired) electrons. The minimum atomic E-state index is -0.149. The van der Waals surface area contributed by atoms with Crippen molar-refractivity contribution in [2.24, 2.45) is 5.92 Å². The number of aromatic nitrogens is 5. The average Bonchev–Trinajstić information content (AvgIpc) is 3.00. The van der Waals surface area contributed by atoms with E-state index in [4.69, 9.17) is 4.74 Å². The molecule has 0 saturated carbocycles. The van der Waals surface area contributed by atoms with Gasteiger partial charge in [-0.2, -0.15) is 5.10 Å². The van der Waals surface area contributed by atoms with Crippen LogP contribution in [0.3, 0.4) is 0 Å². The lowest BCUT2D eigenvalue weighted by atomic mass is 10.0. The summed E-state index contributed by atoms with van der Waals surface area (Å²) in [6.45, 7) is 2.36. The van der Waals surface area contributed by atoms with E-state index in [0.717, 1.165) is 38.3 Å². The van der Waals surface area contributed by atoms with Crippen LogP contribution in [0.25, 0.3) is 11.0 Å². The Balaban J connectivity index is 1.65. The van der Waals surface area contributed by atoms with Gasteiger partial charge in [0.05, 0.1) is 6.20 Å². The van der Waals surface area contributed by atoms with Crippen molar-refractivity contribution in [1.82, 2.24) is 24.7 Å². The molecule has 0 atom stereocenters. The predicted molar refractivity (Wildman–Crippen MR) is 88.7 cm³/mol. The third kappa shape index (κ3) is 3.07. The highest BCUT2D eigenvalue weighted by molar-refractivity contribution is 5.73. The van der Waals surface area contributed by atoms with Gasteiger partial charge in [0.15, 0.2) is 5.65 Å². The maximum Gasteiger partial charge on any atom is 0.262 e. The number of aromatic amines is 1. The molecule has 0 aromatic carbocycles. The zero-order valence-corrected chi connectivity index (χ0v) is 13.3. The first kappa shape index (κ1) is 15.0. The lowest BCUT2D eigenvalue weighted by Gasteiger charge is -2.21. The van der Waals surface area contributed by atoms with E-state index in [1.54, 1.807) is 12.4 Å². The Hall–Kier alpha value is -2.54. The van der Waals surface area contributed by atoms with E-state index in [1.165, 1.54) is 0 Å². The molecule has 3 aromatic heterocycles. The molecule has 1 N–H and O–H groups in total. The number of H-pyrrole nitrogens is 1. The molecule has 3 aromatic rings. The van der Waals surface area contributed by atoms with Crippen molar-refractivity contribution in [2.45, 2.75) is 25.8 Å². The summed E-state index contributed by atoms with van der Waals surface area (Å²) >= 11 is 0. The van der Waals surface area contributed by atoms with Crippen molar-refractivity contribution in [2.75, 3.05) is 13.2 Å². The summed E-state index contributed by atoms with van der Waals surface area (Å²) in [5.74, 6) is 1.13. The second kappa shape index (κ2) is 6.52. The molecule has 0 amide bonds. The van der Waals surface area contributed by atoms with Crippen LogP contribution in [0.2, 0.25) is 0 Å². The Morgan fingerprint density at radius 3 is 2.96 bits per heavy atom. The first-order valence-electron chi connectivity index (χ1n) is 8.22. The van der Waals surface area contributed by atoms with E-state index in [9.17, 15) is 4.79 Å². The van der Waals surface area contributed by atoms with Crippen LogP contribution < -0.4 is 5.56 Å². The summed E-state index contributed by atoms with van der Waals surface area (Å²) in [7, 11) is 0. The van der Waals surface area contributed by atoms with Crippen LogP contribution in [0.4, 0.5) is 0 Å². The maximum atomic E-state index is 12.3. The Morgan fingerprint density at radius 1 is 1.29 bits per heavy atom. The second-order valence-electron chi connectivity index (χ2n) is 6.13. The largest absolute Gasteiger partial charge is 0.381 e. The van der Waals surface area contributed by atoms with E-state index < -0.39 is 0 Å². The highest BCUT2D eigenvalue weighted by Gasteiger charge is 2.17. The molecule has 1 aliphatic rings. The smallest absolute Gasteiger partial charge is 0.262 e. The molecular weight excluding hydrogens is 306 g/mol. The summed E-state index contributed by atoms with van der Waals surface area (Å²) < 4.78 is 7.25. The van der Waals surface area contributed by atoms with Gasteiger partial charge >= 0.3 is 0 Å². The number of fused-ring (bicyclic) bond motifs is 1. The number of nitrogens with one attached hydrogen (secondary N) is 1. The van der Waals surface area contributed by atoms with Gasteiger partial charge < -0.3 is 9.72 Å². The lowest BCUT2D eigenvalue weighted by molar-refractivity contribution is 0.0605. The van der Waals surface area contributed by atoms with Crippen LogP contribution in [-0.2, 0) is 17.7 Å². The molecular formula is C17H19N5O2. The number of hydrogen-bond acceptors (Lipinski definition) is 5. The van der Waals surface area contributed by atoms with E-state index in [1.807, 2.05) is 22.9 Å². The van der Waals surface area contributed by atoms with Crippen LogP contribution in [0, 0.1) is 5.92 Å². The topological polar surface area (TPSA) is 85.7 Å². The third-order valence-electron chi connectivity index (χ3n) is 4.40. The van der Waals surface area contributed by atoms with Gasteiger partial charge in [0.1, 0.15) is 11.2 Å². The van der Waals surface area contributed by atoms with Gasteiger partial charge in [-0.15, -0.1) is 0 Å². The summed E-state index contributed by atoms with van der Waals surface area (Å²) in [5.41, 5.74) is 1.37. The first-order valence-corrected chi connectivity index (χ1v) is 8.22. The molecule has 0 unspecified atom stereocenters. The van der Waals surface area contributed by atoms with Crippen LogP contribution in [0.15, 0.2) is 35.4 Å². The van der Waals surface area contributed by atoms with Crippen LogP contribution >= 0.6 is 0 Å². The monoisotopic (exact) mass is 325 g/mol. The third-order valence-corrected chi connectivity index (χ3v) is 4.40. The fourth-order valence-electron chi connectivity index (χ4n) is 3.08. The fourth-order valence-corrected chi connectivity index (χ4v) is 3.08. The molecule has 4 heterocycles. The molecule has 4 rings (SSSR count). The summed E-state index contributed by atoms with van der Waals surface area (Å²) in [5, 5.41) is 4.91. The van der Waals surface area contributed by atoms with Gasteiger partial charge in [0.2, 0.25) is 0 Å². The minimum Gasteiger partial charge on any atom is -0.381 e. The molecule has 1 saturated heterocycles. The first-order chi connectivity index (χ1) is 11.8. The molecule has 0 spiro atoms. The average molecular weight is 325 g/mol. The van der Waals surface area contributed by atoms with Crippen molar-refractivity contribution < 1.29 is 4.74 Å². The lowest BCUT2D eigenvalue weighted by Crippen LogP contribution is -2.21. The zero-order chi connectivity index (χ0) is 16.4. The molecule has 7 heteroatoms. The summed E-state index contributed by atoms with van der Waals surface area (Å²) in [4.78, 5) is 24.1. The van der Waals surface area contributed by atoms with E-state index in [2.05, 4.69) is 20.1 Å². The van der Waals surface area contributed by atoms with E-state index in [0.29, 0.717) is 29.2 Å². The van der Waals surface area contributed by atoms with Crippen LogP contribution in [0.5, 0.6) is 0 Å². The standard InChI is InChI=1S/C17H19N5O2/c23-17-14-10-19-22(11-12-4-7-24-8-5-12)16(14)20-15(21-17)9-13-3-1-2-6-18-13/h1-3,6,10,12H,4-5,7-9,11H2,(H,20,21,23). The summed E-state index contributed by atoms with van der Waals surface area (Å²) in [6, 6.07) is 5.71. The number of hydrogen-bond donors (Lipinski definition) is 1. The van der Waals surface area contributed by atoms with Gasteiger partial charge in [-0.05, 0) is 30.9 Å². The Bertz CT molecular complexity index is 881. The van der Waals surface area contributed by atoms with Crippen molar-refractivity contribution in [1.29, 1.82) is 0 Å². The van der Waals surface area contributed by atoms with Gasteiger partial charge in [0.25, 0.3) is 5.56 Å². The SMILES string of the molecule is O=c1[nH]c(Cc2ccccn2)nc2c1cnn2CC1CCOCC1. The van der Waals surface area contributed by atoms with Gasteiger partial charge in [-0.25, -0.2) is 9.67 Å². The predicted octanol–water partition coefficient (Wildman–Crippen LogP) is 1.53. The number of nitrogens with zero attached hydrogens (tertiary/aromatic N) is 4. The maximum absolute atomic E-state index is 12.3. The molecule has 0 aliphatic carbocycles. The van der Waals surface area contributed by atoms with Crippen LogP contribution in [-0.4, -0.2) is 37.9 Å². The van der Waals surface area contributed by atoms with Gasteiger partial charge in [-0.1, -0.05) is 6.07 Å². The van der Waals surface area contributed by atoms with E-state index in [-0.39, 0.29) is 5.56 Å². The molecule has 1 fully saturated rings. The number of ether oxygens (including phenoxy) is 1. The number of rotatable bonds is 4. The second-order valence-corrected chi connectivity index (χ2v) is 6.13. The minimum absolute atomic E-state index is 0.149. The highest BCUT2D eigenvalue weighted by Crippen LogP contribution is 2.18. The zero-order valence-electron chi connectivity index (χ0n) is 13.3. The molecule has 1 aliphatic heterocycles. The van der Waals surface area contributed by atoms with E-state index >= 15 is 0 Å². The molecule has 124 valence electrons.